The Labute approximate surface area is 155 Å². The zero-order valence-electron chi connectivity index (χ0n) is 12.9. The number of hydrogen-bond donors (Lipinski definition) is 0. The first-order valence-electron chi connectivity index (χ1n) is 7.60. The zero-order chi connectivity index (χ0) is 17.1. The van der Waals surface area contributed by atoms with Crippen molar-refractivity contribution in [2.75, 3.05) is 26.2 Å². The summed E-state index contributed by atoms with van der Waals surface area (Å²) in [5, 5.41) is 1.55. The summed E-state index contributed by atoms with van der Waals surface area (Å²) in [5.41, 5.74) is 1.57. The average Bonchev–Trinajstić information content (AvgIpc) is 2.60. The zero-order valence-corrected chi connectivity index (χ0v) is 15.2. The summed E-state index contributed by atoms with van der Waals surface area (Å²) in [6.45, 7) is 3.63. The second-order valence-corrected chi connectivity index (χ2v) is 6.82. The maximum atomic E-state index is 12.5. The van der Waals surface area contributed by atoms with Crippen molar-refractivity contribution in [3.05, 3.63) is 62.9 Å². The molecule has 1 saturated heterocycles. The molecule has 7 heteroatoms. The van der Waals surface area contributed by atoms with E-state index in [0.29, 0.717) is 33.9 Å². The summed E-state index contributed by atoms with van der Waals surface area (Å²) < 4.78 is 0. The van der Waals surface area contributed by atoms with E-state index in [1.165, 1.54) is 6.20 Å². The van der Waals surface area contributed by atoms with Crippen molar-refractivity contribution in [2.24, 2.45) is 0 Å². The van der Waals surface area contributed by atoms with Crippen LogP contribution >= 0.6 is 34.8 Å². The van der Waals surface area contributed by atoms with Crippen molar-refractivity contribution in [3.63, 3.8) is 0 Å². The molecule has 0 bridgehead atoms. The number of nitrogens with zero attached hydrogens (tertiary/aromatic N) is 3. The van der Waals surface area contributed by atoms with E-state index in [1.807, 2.05) is 17.0 Å². The van der Waals surface area contributed by atoms with Crippen LogP contribution in [0.4, 0.5) is 0 Å². The number of piperazine rings is 1. The average molecular weight is 385 g/mol. The first kappa shape index (κ1) is 17.5. The van der Waals surface area contributed by atoms with E-state index in [4.69, 9.17) is 34.8 Å². The quantitative estimate of drug-likeness (QED) is 0.751. The lowest BCUT2D eigenvalue weighted by molar-refractivity contribution is 0.0628. The second kappa shape index (κ2) is 7.70. The third-order valence-electron chi connectivity index (χ3n) is 4.06. The third kappa shape index (κ3) is 4.01. The number of hydrogen-bond acceptors (Lipinski definition) is 3. The van der Waals surface area contributed by atoms with Gasteiger partial charge in [0, 0.05) is 38.9 Å². The molecule has 0 aliphatic carbocycles. The van der Waals surface area contributed by atoms with Crippen LogP contribution in [0, 0.1) is 0 Å². The minimum Gasteiger partial charge on any atom is -0.336 e. The largest absolute Gasteiger partial charge is 0.336 e. The van der Waals surface area contributed by atoms with E-state index >= 15 is 0 Å². The molecule has 0 N–H and O–H groups in total. The molecular weight excluding hydrogens is 369 g/mol. The van der Waals surface area contributed by atoms with Gasteiger partial charge in [0.1, 0.15) is 5.15 Å². The summed E-state index contributed by atoms with van der Waals surface area (Å²) in [6.07, 6.45) is 1.52. The van der Waals surface area contributed by atoms with Crippen LogP contribution in [0.15, 0.2) is 36.5 Å². The third-order valence-corrected chi connectivity index (χ3v) is 5.14. The van der Waals surface area contributed by atoms with E-state index in [2.05, 4.69) is 9.88 Å². The van der Waals surface area contributed by atoms with Crippen LogP contribution in [-0.4, -0.2) is 46.9 Å². The van der Waals surface area contributed by atoms with Gasteiger partial charge in [0.15, 0.2) is 0 Å². The van der Waals surface area contributed by atoms with Crippen LogP contribution < -0.4 is 0 Å². The molecule has 24 heavy (non-hydrogen) atoms. The van der Waals surface area contributed by atoms with Gasteiger partial charge in [-0.1, -0.05) is 46.9 Å². The van der Waals surface area contributed by atoms with Gasteiger partial charge in [-0.25, -0.2) is 4.98 Å². The fourth-order valence-corrected chi connectivity index (χ4v) is 3.20. The molecule has 2 heterocycles. The molecule has 0 spiro atoms. The summed E-state index contributed by atoms with van der Waals surface area (Å²) in [6, 6.07) is 8.99. The molecule has 0 saturated carbocycles. The van der Waals surface area contributed by atoms with Crippen molar-refractivity contribution in [3.8, 4) is 0 Å². The number of carbonyl (C=O) groups is 1. The topological polar surface area (TPSA) is 36.4 Å². The Morgan fingerprint density at radius 1 is 1.04 bits per heavy atom. The van der Waals surface area contributed by atoms with Gasteiger partial charge in [0.25, 0.3) is 5.91 Å². The van der Waals surface area contributed by atoms with Crippen molar-refractivity contribution >= 4 is 40.7 Å². The molecule has 126 valence electrons. The highest BCUT2D eigenvalue weighted by Crippen LogP contribution is 2.26. The van der Waals surface area contributed by atoms with Gasteiger partial charge in [-0.05, 0) is 23.8 Å². The summed E-state index contributed by atoms with van der Waals surface area (Å²) >= 11 is 18.1. The highest BCUT2D eigenvalue weighted by molar-refractivity contribution is 6.42. The van der Waals surface area contributed by atoms with Crippen LogP contribution in [0.25, 0.3) is 0 Å². The Balaban J connectivity index is 1.58. The molecule has 2 aromatic rings. The SMILES string of the molecule is O=C(c1ccc(Cl)nc1)N1CCN(Cc2cccc(Cl)c2Cl)CC1. The number of rotatable bonds is 3. The van der Waals surface area contributed by atoms with Gasteiger partial charge in [-0.2, -0.15) is 0 Å². The van der Waals surface area contributed by atoms with E-state index in [1.54, 1.807) is 18.2 Å². The van der Waals surface area contributed by atoms with Gasteiger partial charge in [-0.3, -0.25) is 9.69 Å². The summed E-state index contributed by atoms with van der Waals surface area (Å²) in [4.78, 5) is 20.5. The van der Waals surface area contributed by atoms with Gasteiger partial charge < -0.3 is 4.90 Å². The molecule has 3 rings (SSSR count). The maximum Gasteiger partial charge on any atom is 0.255 e. The first-order chi connectivity index (χ1) is 11.5. The lowest BCUT2D eigenvalue weighted by Crippen LogP contribution is -2.48. The Morgan fingerprint density at radius 2 is 1.79 bits per heavy atom. The standard InChI is InChI=1S/C17H16Cl3N3O/c18-14-3-1-2-13(16(14)20)11-22-6-8-23(9-7-22)17(24)12-4-5-15(19)21-10-12/h1-5,10H,6-9,11H2. The molecule has 4 nitrogen and oxygen atoms in total. The number of halogens is 3. The molecule has 0 atom stereocenters. The lowest BCUT2D eigenvalue weighted by atomic mass is 10.2. The van der Waals surface area contributed by atoms with Gasteiger partial charge in [0.05, 0.1) is 15.6 Å². The van der Waals surface area contributed by atoms with Crippen molar-refractivity contribution < 1.29 is 4.79 Å². The van der Waals surface area contributed by atoms with Crippen LogP contribution in [0.2, 0.25) is 15.2 Å². The fraction of sp³-hybridized carbons (Fsp3) is 0.294. The van der Waals surface area contributed by atoms with Crippen molar-refractivity contribution in [1.29, 1.82) is 0 Å². The van der Waals surface area contributed by atoms with Gasteiger partial charge >= 0.3 is 0 Å². The van der Waals surface area contributed by atoms with Crippen molar-refractivity contribution in [2.45, 2.75) is 6.54 Å². The normalized spacial score (nSPS) is 15.5. The minimum atomic E-state index is -0.0143. The number of amides is 1. The van der Waals surface area contributed by atoms with Gasteiger partial charge in [-0.15, -0.1) is 0 Å². The predicted octanol–water partition coefficient (Wildman–Crippen LogP) is 4.00. The van der Waals surface area contributed by atoms with Crippen molar-refractivity contribution in [1.82, 2.24) is 14.8 Å². The number of aromatic nitrogens is 1. The molecule has 0 radical (unpaired) electrons. The minimum absolute atomic E-state index is 0.0143. The lowest BCUT2D eigenvalue weighted by Gasteiger charge is -2.35. The number of pyridine rings is 1. The van der Waals surface area contributed by atoms with Crippen LogP contribution in [0.5, 0.6) is 0 Å². The second-order valence-electron chi connectivity index (χ2n) is 5.65. The molecule has 1 aliphatic rings. The van der Waals surface area contributed by atoms with E-state index in [9.17, 15) is 4.79 Å². The number of carbonyl (C=O) groups excluding carboxylic acids is 1. The highest BCUT2D eigenvalue weighted by Gasteiger charge is 2.23. The van der Waals surface area contributed by atoms with E-state index < -0.39 is 0 Å². The molecular formula is C17H16Cl3N3O. The molecule has 1 amide bonds. The monoisotopic (exact) mass is 383 g/mol. The molecule has 1 aromatic heterocycles. The van der Waals surface area contributed by atoms with E-state index in [0.717, 1.165) is 25.2 Å². The summed E-state index contributed by atoms with van der Waals surface area (Å²) in [5.74, 6) is -0.0143. The smallest absolute Gasteiger partial charge is 0.255 e. The Hall–Kier alpha value is -1.33. The highest BCUT2D eigenvalue weighted by atomic mass is 35.5. The van der Waals surface area contributed by atoms with Crippen LogP contribution in [0.3, 0.4) is 0 Å². The van der Waals surface area contributed by atoms with E-state index in [-0.39, 0.29) is 5.91 Å². The van der Waals surface area contributed by atoms with Gasteiger partial charge in [0.2, 0.25) is 0 Å². The molecule has 1 aromatic carbocycles. The molecule has 0 unspecified atom stereocenters. The van der Waals surface area contributed by atoms with Crippen LogP contribution in [0.1, 0.15) is 15.9 Å². The fourth-order valence-electron chi connectivity index (χ4n) is 2.71. The summed E-state index contributed by atoms with van der Waals surface area (Å²) in [7, 11) is 0. The number of benzene rings is 1. The molecule has 1 aliphatic heterocycles. The Kier molecular flexibility index (Phi) is 5.61. The Bertz CT molecular complexity index is 728. The first-order valence-corrected chi connectivity index (χ1v) is 8.74. The van der Waals surface area contributed by atoms with Crippen LogP contribution in [-0.2, 0) is 6.54 Å². The Morgan fingerprint density at radius 3 is 2.46 bits per heavy atom. The maximum absolute atomic E-state index is 12.5. The molecule has 1 fully saturated rings. The predicted molar refractivity (Wildman–Crippen MR) is 96.9 cm³/mol.